The van der Waals surface area contributed by atoms with Crippen LogP contribution in [0.2, 0.25) is 0 Å². The largest absolute Gasteiger partial charge is 0.337 e. The van der Waals surface area contributed by atoms with Gasteiger partial charge in [-0.3, -0.25) is 0 Å². The predicted molar refractivity (Wildman–Crippen MR) is 58.3 cm³/mol. The van der Waals surface area contributed by atoms with Crippen molar-refractivity contribution in [1.82, 2.24) is 19.7 Å². The van der Waals surface area contributed by atoms with Crippen LogP contribution in [-0.2, 0) is 7.05 Å². The van der Waals surface area contributed by atoms with Crippen molar-refractivity contribution in [2.75, 3.05) is 0 Å². The van der Waals surface area contributed by atoms with Crippen LogP contribution in [0, 0.1) is 0 Å². The van der Waals surface area contributed by atoms with Gasteiger partial charge < -0.3 is 14.8 Å². The molecule has 0 aliphatic carbocycles. The lowest BCUT2D eigenvalue weighted by atomic mass is 10.2. The molecule has 6 nitrogen and oxygen atoms in total. The molecule has 1 atom stereocenters. The maximum absolute atomic E-state index is 5.89. The SMILES string of the molecule is CCCC(N)c1nc(-c2nccn2C)no1. The molecule has 2 rings (SSSR count). The van der Waals surface area contributed by atoms with Crippen LogP contribution in [0.3, 0.4) is 0 Å². The van der Waals surface area contributed by atoms with Crippen molar-refractivity contribution in [2.45, 2.75) is 25.8 Å². The van der Waals surface area contributed by atoms with Gasteiger partial charge >= 0.3 is 0 Å². The Morgan fingerprint density at radius 3 is 3.00 bits per heavy atom. The molecule has 2 N–H and O–H groups in total. The molecule has 0 saturated carbocycles. The number of imidazole rings is 1. The maximum Gasteiger partial charge on any atom is 0.243 e. The van der Waals surface area contributed by atoms with Gasteiger partial charge in [0.2, 0.25) is 11.7 Å². The van der Waals surface area contributed by atoms with Gasteiger partial charge in [-0.05, 0) is 6.42 Å². The fourth-order valence-corrected chi connectivity index (χ4v) is 1.49. The Bertz CT molecular complexity index is 461. The Balaban J connectivity index is 2.23. The van der Waals surface area contributed by atoms with E-state index in [-0.39, 0.29) is 6.04 Å². The lowest BCUT2D eigenvalue weighted by Crippen LogP contribution is -2.10. The summed E-state index contributed by atoms with van der Waals surface area (Å²) in [6.45, 7) is 2.07. The van der Waals surface area contributed by atoms with E-state index in [0.717, 1.165) is 12.8 Å². The van der Waals surface area contributed by atoms with Gasteiger partial charge in [0.1, 0.15) is 0 Å². The van der Waals surface area contributed by atoms with E-state index < -0.39 is 0 Å². The molecule has 0 aromatic carbocycles. The fourth-order valence-electron chi connectivity index (χ4n) is 1.49. The molecule has 1 unspecified atom stereocenters. The second-order valence-corrected chi connectivity index (χ2v) is 3.71. The van der Waals surface area contributed by atoms with E-state index in [4.69, 9.17) is 10.3 Å². The van der Waals surface area contributed by atoms with Crippen LogP contribution < -0.4 is 5.73 Å². The van der Waals surface area contributed by atoms with E-state index in [9.17, 15) is 0 Å². The van der Waals surface area contributed by atoms with E-state index in [0.29, 0.717) is 17.5 Å². The Morgan fingerprint density at radius 1 is 1.56 bits per heavy atom. The Kier molecular flexibility index (Phi) is 3.00. The van der Waals surface area contributed by atoms with Crippen molar-refractivity contribution in [2.24, 2.45) is 12.8 Å². The molecule has 0 spiro atoms. The Labute approximate surface area is 93.5 Å². The first-order valence-corrected chi connectivity index (χ1v) is 5.29. The number of aromatic nitrogens is 4. The zero-order chi connectivity index (χ0) is 11.5. The third-order valence-electron chi connectivity index (χ3n) is 2.38. The van der Waals surface area contributed by atoms with Crippen LogP contribution in [0.25, 0.3) is 11.6 Å². The summed E-state index contributed by atoms with van der Waals surface area (Å²) in [5.41, 5.74) is 5.89. The molecule has 0 aliphatic heterocycles. The first kappa shape index (κ1) is 10.8. The van der Waals surface area contributed by atoms with Gasteiger partial charge in [0.15, 0.2) is 5.82 Å². The van der Waals surface area contributed by atoms with Crippen molar-refractivity contribution in [1.29, 1.82) is 0 Å². The minimum absolute atomic E-state index is 0.188. The zero-order valence-electron chi connectivity index (χ0n) is 9.42. The lowest BCUT2D eigenvalue weighted by molar-refractivity contribution is 0.348. The van der Waals surface area contributed by atoms with E-state index in [2.05, 4.69) is 22.0 Å². The monoisotopic (exact) mass is 221 g/mol. The number of hydrogen-bond donors (Lipinski definition) is 1. The third kappa shape index (κ3) is 1.96. The van der Waals surface area contributed by atoms with Gasteiger partial charge in [0, 0.05) is 19.4 Å². The highest BCUT2D eigenvalue weighted by molar-refractivity contribution is 5.42. The van der Waals surface area contributed by atoms with Crippen LogP contribution >= 0.6 is 0 Å². The molecule has 16 heavy (non-hydrogen) atoms. The Hall–Kier alpha value is -1.69. The van der Waals surface area contributed by atoms with Crippen molar-refractivity contribution in [3.63, 3.8) is 0 Å². The van der Waals surface area contributed by atoms with Gasteiger partial charge in [-0.25, -0.2) is 4.98 Å². The van der Waals surface area contributed by atoms with Gasteiger partial charge in [0.05, 0.1) is 6.04 Å². The smallest absolute Gasteiger partial charge is 0.243 e. The van der Waals surface area contributed by atoms with E-state index in [1.54, 1.807) is 6.20 Å². The van der Waals surface area contributed by atoms with Crippen LogP contribution in [0.15, 0.2) is 16.9 Å². The molecule has 0 fully saturated rings. The van der Waals surface area contributed by atoms with Gasteiger partial charge in [0.25, 0.3) is 0 Å². The highest BCUT2D eigenvalue weighted by Gasteiger charge is 2.16. The highest BCUT2D eigenvalue weighted by atomic mass is 16.5. The summed E-state index contributed by atoms with van der Waals surface area (Å²) in [4.78, 5) is 8.39. The fraction of sp³-hybridized carbons (Fsp3) is 0.500. The molecule has 0 bridgehead atoms. The third-order valence-corrected chi connectivity index (χ3v) is 2.38. The molecule has 2 aromatic heterocycles. The maximum atomic E-state index is 5.89. The number of nitrogens with two attached hydrogens (primary N) is 1. The van der Waals surface area contributed by atoms with Gasteiger partial charge in [-0.1, -0.05) is 18.5 Å². The van der Waals surface area contributed by atoms with Gasteiger partial charge in [-0.2, -0.15) is 4.98 Å². The van der Waals surface area contributed by atoms with E-state index in [1.165, 1.54) is 0 Å². The van der Waals surface area contributed by atoms with Crippen LogP contribution in [0.4, 0.5) is 0 Å². The minimum atomic E-state index is -0.188. The first-order valence-electron chi connectivity index (χ1n) is 5.29. The molecule has 0 aliphatic rings. The molecule has 86 valence electrons. The highest BCUT2D eigenvalue weighted by Crippen LogP contribution is 2.17. The molecular weight excluding hydrogens is 206 g/mol. The topological polar surface area (TPSA) is 82.8 Å². The second kappa shape index (κ2) is 4.44. The number of aryl methyl sites for hydroxylation is 1. The lowest BCUT2D eigenvalue weighted by Gasteiger charge is -2.02. The summed E-state index contributed by atoms with van der Waals surface area (Å²) in [6.07, 6.45) is 5.35. The minimum Gasteiger partial charge on any atom is -0.337 e. The van der Waals surface area contributed by atoms with Crippen LogP contribution in [0.1, 0.15) is 31.7 Å². The van der Waals surface area contributed by atoms with E-state index >= 15 is 0 Å². The normalized spacial score (nSPS) is 12.9. The quantitative estimate of drug-likeness (QED) is 0.840. The molecule has 0 radical (unpaired) electrons. The molecule has 0 amide bonds. The van der Waals surface area contributed by atoms with Crippen molar-refractivity contribution in [3.05, 3.63) is 18.3 Å². The summed E-state index contributed by atoms with van der Waals surface area (Å²) in [6, 6.07) is -0.188. The second-order valence-electron chi connectivity index (χ2n) is 3.71. The molecular formula is C10H15N5O. The zero-order valence-corrected chi connectivity index (χ0v) is 9.42. The van der Waals surface area contributed by atoms with Crippen LogP contribution in [0.5, 0.6) is 0 Å². The summed E-state index contributed by atoms with van der Waals surface area (Å²) in [5.74, 6) is 1.63. The molecule has 2 heterocycles. The van der Waals surface area contributed by atoms with E-state index in [1.807, 2.05) is 17.8 Å². The van der Waals surface area contributed by atoms with Gasteiger partial charge in [-0.15, -0.1) is 0 Å². The summed E-state index contributed by atoms with van der Waals surface area (Å²) in [7, 11) is 1.88. The molecule has 2 aromatic rings. The number of hydrogen-bond acceptors (Lipinski definition) is 5. The van der Waals surface area contributed by atoms with Crippen molar-refractivity contribution >= 4 is 0 Å². The summed E-state index contributed by atoms with van der Waals surface area (Å²) < 4.78 is 6.95. The first-order chi connectivity index (χ1) is 7.72. The summed E-state index contributed by atoms with van der Waals surface area (Å²) >= 11 is 0. The average Bonchev–Trinajstić information content (AvgIpc) is 2.86. The van der Waals surface area contributed by atoms with Crippen molar-refractivity contribution < 1.29 is 4.52 Å². The van der Waals surface area contributed by atoms with Crippen LogP contribution in [-0.4, -0.2) is 19.7 Å². The predicted octanol–water partition coefficient (Wildman–Crippen LogP) is 1.27. The van der Waals surface area contributed by atoms with Crippen molar-refractivity contribution in [3.8, 4) is 11.6 Å². The number of nitrogens with zero attached hydrogens (tertiary/aromatic N) is 4. The average molecular weight is 221 g/mol. The standard InChI is InChI=1S/C10H15N5O/c1-3-4-7(11)10-13-8(14-16-10)9-12-5-6-15(9)2/h5-7H,3-4,11H2,1-2H3. The molecule has 0 saturated heterocycles. The Morgan fingerprint density at radius 2 is 2.38 bits per heavy atom. The molecule has 6 heteroatoms. The summed E-state index contributed by atoms with van der Waals surface area (Å²) in [5, 5.41) is 3.87. The number of rotatable bonds is 4.